The van der Waals surface area contributed by atoms with Crippen LogP contribution < -0.4 is 10.6 Å². The fourth-order valence-electron chi connectivity index (χ4n) is 3.69. The summed E-state index contributed by atoms with van der Waals surface area (Å²) >= 11 is 0. The van der Waals surface area contributed by atoms with Gasteiger partial charge in [-0.05, 0) is 44.2 Å². The van der Waals surface area contributed by atoms with Crippen LogP contribution >= 0.6 is 0 Å². The van der Waals surface area contributed by atoms with Gasteiger partial charge >= 0.3 is 0 Å². The Morgan fingerprint density at radius 1 is 1.32 bits per heavy atom. The van der Waals surface area contributed by atoms with Gasteiger partial charge in [-0.15, -0.1) is 0 Å². The van der Waals surface area contributed by atoms with Crippen molar-refractivity contribution >= 4 is 5.69 Å². The summed E-state index contributed by atoms with van der Waals surface area (Å²) in [5, 5.41) is 9.86. The number of aliphatic hydroxyl groups excluding tert-OH is 1. The highest BCUT2D eigenvalue weighted by atomic mass is 19.1. The van der Waals surface area contributed by atoms with Gasteiger partial charge in [0, 0.05) is 18.1 Å². The normalized spacial score (nSPS) is 31.6. The van der Waals surface area contributed by atoms with Gasteiger partial charge in [-0.3, -0.25) is 0 Å². The van der Waals surface area contributed by atoms with Crippen molar-refractivity contribution < 1.29 is 9.50 Å². The minimum atomic E-state index is -0.237. The number of anilines is 1. The molecule has 0 aromatic heterocycles. The van der Waals surface area contributed by atoms with Crippen molar-refractivity contribution in [3.8, 4) is 0 Å². The SMILES string of the molecule is C[C@H](N)c1cccc(F)c1N1C2CCC1CC(O)C2. The van der Waals surface area contributed by atoms with E-state index in [2.05, 4.69) is 4.90 Å². The van der Waals surface area contributed by atoms with Gasteiger partial charge in [0.15, 0.2) is 0 Å². The molecule has 2 aliphatic heterocycles. The van der Waals surface area contributed by atoms with Gasteiger partial charge < -0.3 is 15.7 Å². The Morgan fingerprint density at radius 3 is 2.53 bits per heavy atom. The Bertz CT molecular complexity index is 463. The van der Waals surface area contributed by atoms with Crippen molar-refractivity contribution in [1.29, 1.82) is 0 Å². The van der Waals surface area contributed by atoms with Crippen molar-refractivity contribution in [1.82, 2.24) is 0 Å². The summed E-state index contributed by atoms with van der Waals surface area (Å²) in [5.74, 6) is -0.192. The number of nitrogens with two attached hydrogens (primary N) is 1. The third-order valence-corrected chi connectivity index (χ3v) is 4.47. The Balaban J connectivity index is 2.03. The zero-order chi connectivity index (χ0) is 13.6. The summed E-state index contributed by atoms with van der Waals surface area (Å²) in [5.41, 5.74) is 7.52. The smallest absolute Gasteiger partial charge is 0.146 e. The first-order chi connectivity index (χ1) is 9.08. The van der Waals surface area contributed by atoms with Crippen LogP contribution in [-0.4, -0.2) is 23.3 Å². The first kappa shape index (κ1) is 12.9. The van der Waals surface area contributed by atoms with E-state index in [0.717, 1.165) is 31.2 Å². The summed E-state index contributed by atoms with van der Waals surface area (Å²) in [6.07, 6.45) is 3.31. The number of para-hydroxylation sites is 1. The highest BCUT2D eigenvalue weighted by molar-refractivity contribution is 5.59. The van der Waals surface area contributed by atoms with Crippen molar-refractivity contribution in [2.45, 2.75) is 56.8 Å². The number of rotatable bonds is 2. The lowest BCUT2D eigenvalue weighted by atomic mass is 9.96. The van der Waals surface area contributed by atoms with E-state index in [9.17, 15) is 9.50 Å². The molecule has 2 aliphatic rings. The molecule has 2 heterocycles. The van der Waals surface area contributed by atoms with Crippen LogP contribution in [0.15, 0.2) is 18.2 Å². The highest BCUT2D eigenvalue weighted by Gasteiger charge is 2.42. The number of nitrogens with zero attached hydrogens (tertiary/aromatic N) is 1. The minimum absolute atomic E-state index is 0.183. The number of hydrogen-bond donors (Lipinski definition) is 2. The third kappa shape index (κ3) is 2.13. The summed E-state index contributed by atoms with van der Waals surface area (Å²) in [6, 6.07) is 5.46. The molecule has 0 aliphatic carbocycles. The lowest BCUT2D eigenvalue weighted by Gasteiger charge is -2.40. The van der Waals surface area contributed by atoms with Crippen molar-refractivity contribution in [3.05, 3.63) is 29.6 Å². The van der Waals surface area contributed by atoms with Crippen LogP contribution in [0.5, 0.6) is 0 Å². The van der Waals surface area contributed by atoms with Gasteiger partial charge in [0.2, 0.25) is 0 Å². The van der Waals surface area contributed by atoms with Crippen LogP contribution in [0.25, 0.3) is 0 Å². The van der Waals surface area contributed by atoms with Crippen molar-refractivity contribution in [2.75, 3.05) is 4.90 Å². The molecule has 3 nitrogen and oxygen atoms in total. The highest BCUT2D eigenvalue weighted by Crippen LogP contribution is 2.42. The monoisotopic (exact) mass is 264 g/mol. The van der Waals surface area contributed by atoms with Crippen molar-refractivity contribution in [2.24, 2.45) is 5.73 Å². The van der Waals surface area contributed by atoms with Crippen LogP contribution in [0.3, 0.4) is 0 Å². The molecule has 1 aromatic carbocycles. The van der Waals surface area contributed by atoms with Gasteiger partial charge in [-0.2, -0.15) is 0 Å². The van der Waals surface area contributed by atoms with Crippen LogP contribution in [0.2, 0.25) is 0 Å². The largest absolute Gasteiger partial charge is 0.393 e. The lowest BCUT2D eigenvalue weighted by Crippen LogP contribution is -2.45. The average Bonchev–Trinajstić information content (AvgIpc) is 2.61. The standard InChI is InChI=1S/C15H21FN2O/c1-9(17)13-3-2-4-14(16)15(13)18-10-5-6-11(18)8-12(19)7-10/h2-4,9-12,19H,5-8,17H2,1H3/t9-,10?,11?,12?/m0/s1. The van der Waals surface area contributed by atoms with E-state index in [1.807, 2.05) is 13.0 Å². The Labute approximate surface area is 113 Å². The minimum Gasteiger partial charge on any atom is -0.393 e. The summed E-state index contributed by atoms with van der Waals surface area (Å²) in [4.78, 5) is 2.18. The molecule has 3 rings (SSSR count). The average molecular weight is 264 g/mol. The third-order valence-electron chi connectivity index (χ3n) is 4.47. The van der Waals surface area contributed by atoms with Crippen molar-refractivity contribution in [3.63, 3.8) is 0 Å². The molecular weight excluding hydrogens is 243 g/mol. The van der Waals surface area contributed by atoms with Crippen LogP contribution in [0.4, 0.5) is 10.1 Å². The molecule has 0 radical (unpaired) electrons. The molecule has 19 heavy (non-hydrogen) atoms. The predicted molar refractivity (Wildman–Crippen MR) is 73.5 cm³/mol. The number of fused-ring (bicyclic) bond motifs is 2. The molecule has 2 bridgehead atoms. The fourth-order valence-corrected chi connectivity index (χ4v) is 3.69. The predicted octanol–water partition coefficient (Wildman–Crippen LogP) is 2.34. The maximum atomic E-state index is 14.3. The van der Waals surface area contributed by atoms with Gasteiger partial charge in [-0.25, -0.2) is 4.39 Å². The van der Waals surface area contributed by atoms with E-state index in [1.54, 1.807) is 6.07 Å². The van der Waals surface area contributed by atoms with Gasteiger partial charge in [0.05, 0.1) is 11.8 Å². The molecule has 0 amide bonds. The second-order valence-electron chi connectivity index (χ2n) is 5.88. The number of hydrogen-bond acceptors (Lipinski definition) is 3. The molecule has 0 saturated carbocycles. The quantitative estimate of drug-likeness (QED) is 0.862. The molecule has 3 atom stereocenters. The van der Waals surface area contributed by atoms with Crippen LogP contribution in [-0.2, 0) is 0 Å². The van der Waals surface area contributed by atoms with E-state index in [-0.39, 0.29) is 30.0 Å². The molecule has 3 N–H and O–H groups in total. The molecule has 4 heteroatoms. The van der Waals surface area contributed by atoms with Gasteiger partial charge in [0.1, 0.15) is 5.82 Å². The Hall–Kier alpha value is -1.13. The lowest BCUT2D eigenvalue weighted by molar-refractivity contribution is 0.126. The number of piperidine rings is 1. The number of benzene rings is 1. The first-order valence-electron chi connectivity index (χ1n) is 7.08. The maximum absolute atomic E-state index is 14.3. The fraction of sp³-hybridized carbons (Fsp3) is 0.600. The molecule has 2 unspecified atom stereocenters. The molecule has 2 fully saturated rings. The second kappa shape index (κ2) is 4.76. The zero-order valence-corrected chi connectivity index (χ0v) is 11.2. The summed E-state index contributed by atoms with van der Waals surface area (Å²) in [6.45, 7) is 1.89. The molecular formula is C15H21FN2O. The topological polar surface area (TPSA) is 49.5 Å². The van der Waals surface area contributed by atoms with E-state index in [4.69, 9.17) is 5.73 Å². The Morgan fingerprint density at radius 2 is 1.95 bits per heavy atom. The second-order valence-corrected chi connectivity index (χ2v) is 5.88. The van der Waals surface area contributed by atoms with E-state index < -0.39 is 0 Å². The maximum Gasteiger partial charge on any atom is 0.146 e. The first-order valence-corrected chi connectivity index (χ1v) is 7.08. The zero-order valence-electron chi connectivity index (χ0n) is 11.2. The summed E-state index contributed by atoms with van der Waals surface area (Å²) < 4.78 is 14.3. The van der Waals surface area contributed by atoms with Crippen LogP contribution in [0, 0.1) is 5.82 Å². The molecule has 0 spiro atoms. The van der Waals surface area contributed by atoms with E-state index >= 15 is 0 Å². The molecule has 2 saturated heterocycles. The summed E-state index contributed by atoms with van der Waals surface area (Å²) in [7, 11) is 0. The Kier molecular flexibility index (Phi) is 3.23. The van der Waals surface area contributed by atoms with Gasteiger partial charge in [0.25, 0.3) is 0 Å². The number of halogens is 1. The van der Waals surface area contributed by atoms with E-state index in [0.29, 0.717) is 5.69 Å². The molecule has 1 aromatic rings. The number of aliphatic hydroxyl groups is 1. The van der Waals surface area contributed by atoms with E-state index in [1.165, 1.54) is 6.07 Å². The van der Waals surface area contributed by atoms with Crippen LogP contribution in [0.1, 0.15) is 44.2 Å². The van der Waals surface area contributed by atoms with Gasteiger partial charge in [-0.1, -0.05) is 12.1 Å². The molecule has 104 valence electrons.